The van der Waals surface area contributed by atoms with Crippen molar-refractivity contribution in [3.63, 3.8) is 0 Å². The monoisotopic (exact) mass is 407 g/mol. The molecule has 4 aromatic heterocycles. The topological polar surface area (TPSA) is 41.0 Å². The van der Waals surface area contributed by atoms with Gasteiger partial charge in [0, 0.05) is 21.1 Å². The zero-order valence-corrected chi connectivity index (χ0v) is 17.4. The van der Waals surface area contributed by atoms with Gasteiger partial charge in [-0.25, -0.2) is 4.98 Å². The van der Waals surface area contributed by atoms with Gasteiger partial charge in [0.05, 0.1) is 37.9 Å². The smallest absolute Gasteiger partial charge is 0.147 e. The number of thiophene rings is 3. The van der Waals surface area contributed by atoms with Gasteiger partial charge in [0.2, 0.25) is 0 Å². The van der Waals surface area contributed by atoms with Gasteiger partial charge in [-0.2, -0.15) is 0 Å². The number of aromatic nitrogens is 2. The Hall–Kier alpha value is -2.28. The number of rotatable bonds is 4. The van der Waals surface area contributed by atoms with Gasteiger partial charge in [0.15, 0.2) is 0 Å². The lowest BCUT2D eigenvalue weighted by Crippen LogP contribution is -1.90. The van der Waals surface area contributed by atoms with Crippen LogP contribution >= 0.6 is 34.0 Å². The SMILES string of the molecule is Cc1ccc(C2=CCC(c3ccc(-c4ncc(-c5ccc(C)s5)[nH]4)s3)=N2)s1. The third-order valence-electron chi connectivity index (χ3n) is 4.44. The summed E-state index contributed by atoms with van der Waals surface area (Å²) in [5, 5.41) is 0. The molecule has 0 bridgehead atoms. The normalized spacial score (nSPS) is 13.9. The van der Waals surface area contributed by atoms with Crippen LogP contribution in [-0.2, 0) is 0 Å². The summed E-state index contributed by atoms with van der Waals surface area (Å²) in [5.41, 5.74) is 3.33. The zero-order chi connectivity index (χ0) is 18.4. The number of nitrogens with zero attached hydrogens (tertiary/aromatic N) is 2. The van der Waals surface area contributed by atoms with Gasteiger partial charge in [0.25, 0.3) is 0 Å². The fourth-order valence-corrected chi connectivity index (χ4v) is 5.73. The molecule has 27 heavy (non-hydrogen) atoms. The Morgan fingerprint density at radius 1 is 0.815 bits per heavy atom. The number of aliphatic imine (C=N–C) groups is 1. The Morgan fingerprint density at radius 3 is 2.26 bits per heavy atom. The van der Waals surface area contributed by atoms with Gasteiger partial charge in [-0.05, 0) is 50.2 Å². The first kappa shape index (κ1) is 16.9. The maximum Gasteiger partial charge on any atom is 0.147 e. The highest BCUT2D eigenvalue weighted by molar-refractivity contribution is 7.17. The minimum Gasteiger partial charge on any atom is -0.337 e. The van der Waals surface area contributed by atoms with Crippen LogP contribution in [0.2, 0.25) is 0 Å². The first-order valence-corrected chi connectivity index (χ1v) is 11.2. The molecule has 0 spiro atoms. The van der Waals surface area contributed by atoms with E-state index in [1.54, 1.807) is 34.0 Å². The molecule has 0 saturated heterocycles. The Kier molecular flexibility index (Phi) is 4.19. The van der Waals surface area contributed by atoms with Crippen molar-refractivity contribution >= 4 is 45.4 Å². The average Bonchev–Trinajstić information content (AvgIpc) is 3.44. The van der Waals surface area contributed by atoms with E-state index in [4.69, 9.17) is 4.99 Å². The largest absolute Gasteiger partial charge is 0.337 e. The molecule has 3 nitrogen and oxygen atoms in total. The van der Waals surface area contributed by atoms with E-state index in [0.717, 1.165) is 34.2 Å². The Balaban J connectivity index is 1.39. The van der Waals surface area contributed by atoms with Crippen LogP contribution in [0.25, 0.3) is 27.0 Å². The number of hydrogen-bond acceptors (Lipinski definition) is 5. The number of allylic oxidation sites excluding steroid dienone is 1. The number of aryl methyl sites for hydroxylation is 2. The van der Waals surface area contributed by atoms with Crippen LogP contribution < -0.4 is 0 Å². The van der Waals surface area contributed by atoms with Crippen molar-refractivity contribution in [1.29, 1.82) is 0 Å². The van der Waals surface area contributed by atoms with Crippen molar-refractivity contribution < 1.29 is 0 Å². The van der Waals surface area contributed by atoms with Crippen molar-refractivity contribution in [2.45, 2.75) is 20.3 Å². The number of hydrogen-bond donors (Lipinski definition) is 1. The van der Waals surface area contributed by atoms with Crippen molar-refractivity contribution in [2.24, 2.45) is 4.99 Å². The van der Waals surface area contributed by atoms with Crippen LogP contribution in [0.15, 0.2) is 53.7 Å². The Morgan fingerprint density at radius 2 is 1.52 bits per heavy atom. The second kappa shape index (κ2) is 6.71. The van der Waals surface area contributed by atoms with Crippen molar-refractivity contribution in [2.75, 3.05) is 0 Å². The van der Waals surface area contributed by atoms with E-state index in [0.29, 0.717) is 0 Å². The third-order valence-corrected chi connectivity index (χ3v) is 7.64. The highest BCUT2D eigenvalue weighted by Gasteiger charge is 2.16. The Labute approximate surface area is 169 Å². The van der Waals surface area contributed by atoms with E-state index >= 15 is 0 Å². The lowest BCUT2D eigenvalue weighted by atomic mass is 10.2. The predicted molar refractivity (Wildman–Crippen MR) is 118 cm³/mol. The lowest BCUT2D eigenvalue weighted by molar-refractivity contribution is 1.33. The molecular weight excluding hydrogens is 390 g/mol. The van der Waals surface area contributed by atoms with Crippen LogP contribution in [0.1, 0.15) is 25.9 Å². The number of aromatic amines is 1. The molecule has 6 heteroatoms. The van der Waals surface area contributed by atoms with Gasteiger partial charge in [-0.15, -0.1) is 34.0 Å². The van der Waals surface area contributed by atoms with Crippen molar-refractivity contribution in [3.8, 4) is 21.3 Å². The lowest BCUT2D eigenvalue weighted by Gasteiger charge is -1.95. The molecule has 1 aliphatic rings. The molecule has 0 fully saturated rings. The molecule has 0 radical (unpaired) electrons. The molecule has 0 unspecified atom stereocenters. The fourth-order valence-electron chi connectivity index (χ4n) is 3.08. The summed E-state index contributed by atoms with van der Waals surface area (Å²) in [5.74, 6) is 0.924. The van der Waals surface area contributed by atoms with Gasteiger partial charge < -0.3 is 4.98 Å². The molecule has 1 N–H and O–H groups in total. The first-order chi connectivity index (χ1) is 13.2. The molecule has 0 atom stereocenters. The standard InChI is InChI=1S/C21H17N3S3/c1-12-3-7-17(25-12)14-5-6-15(23-14)18-9-10-20(27-18)21-22-11-16(24-21)19-8-4-13(2)26-19/h3-5,7-11H,6H2,1-2H3,(H,22,24). The third kappa shape index (κ3) is 3.25. The summed E-state index contributed by atoms with van der Waals surface area (Å²) in [4.78, 5) is 20.4. The number of nitrogens with one attached hydrogen (secondary N) is 1. The van der Waals surface area contributed by atoms with Gasteiger partial charge in [-0.3, -0.25) is 4.99 Å². The van der Waals surface area contributed by atoms with E-state index in [-0.39, 0.29) is 0 Å². The highest BCUT2D eigenvalue weighted by Crippen LogP contribution is 2.34. The van der Waals surface area contributed by atoms with E-state index in [1.165, 1.54) is 24.4 Å². The van der Waals surface area contributed by atoms with E-state index in [1.807, 2.05) is 6.20 Å². The summed E-state index contributed by atoms with van der Waals surface area (Å²) in [6.45, 7) is 4.26. The average molecular weight is 408 g/mol. The molecule has 0 amide bonds. The number of imidazole rings is 1. The molecule has 5 heterocycles. The molecule has 0 aromatic carbocycles. The maximum atomic E-state index is 4.87. The van der Waals surface area contributed by atoms with Crippen LogP contribution in [-0.4, -0.2) is 15.7 Å². The van der Waals surface area contributed by atoms with Crippen LogP contribution in [0.4, 0.5) is 0 Å². The van der Waals surface area contributed by atoms with E-state index in [9.17, 15) is 0 Å². The summed E-state index contributed by atoms with van der Waals surface area (Å²) >= 11 is 5.33. The number of H-pyrrole nitrogens is 1. The van der Waals surface area contributed by atoms with Gasteiger partial charge in [-0.1, -0.05) is 6.08 Å². The molecule has 134 valence electrons. The van der Waals surface area contributed by atoms with E-state index in [2.05, 4.69) is 66.3 Å². The highest BCUT2D eigenvalue weighted by atomic mass is 32.1. The second-order valence-corrected chi connectivity index (χ2v) is 10.1. The summed E-state index contributed by atoms with van der Waals surface area (Å²) < 4.78 is 0. The second-order valence-electron chi connectivity index (χ2n) is 6.48. The summed E-state index contributed by atoms with van der Waals surface area (Å²) in [6.07, 6.45) is 5.04. The van der Waals surface area contributed by atoms with Gasteiger partial charge >= 0.3 is 0 Å². The quantitative estimate of drug-likeness (QED) is 0.398. The molecule has 4 aromatic rings. The maximum absolute atomic E-state index is 4.87. The summed E-state index contributed by atoms with van der Waals surface area (Å²) in [6, 6.07) is 12.9. The molecule has 0 aliphatic carbocycles. The van der Waals surface area contributed by atoms with Gasteiger partial charge in [0.1, 0.15) is 5.82 Å². The molecular formula is C21H17N3S3. The molecule has 1 aliphatic heterocycles. The van der Waals surface area contributed by atoms with Crippen LogP contribution in [0.5, 0.6) is 0 Å². The summed E-state index contributed by atoms with van der Waals surface area (Å²) in [7, 11) is 0. The van der Waals surface area contributed by atoms with Crippen molar-refractivity contribution in [1.82, 2.24) is 9.97 Å². The predicted octanol–water partition coefficient (Wildman–Crippen LogP) is 6.78. The zero-order valence-electron chi connectivity index (χ0n) is 14.9. The molecule has 5 rings (SSSR count). The van der Waals surface area contributed by atoms with Crippen LogP contribution in [0, 0.1) is 13.8 Å². The van der Waals surface area contributed by atoms with Crippen molar-refractivity contribution in [3.05, 3.63) is 68.2 Å². The van der Waals surface area contributed by atoms with E-state index < -0.39 is 0 Å². The first-order valence-electron chi connectivity index (χ1n) is 8.72. The minimum atomic E-state index is 0.893. The fraction of sp³-hybridized carbons (Fsp3) is 0.143. The molecule has 0 saturated carbocycles. The van der Waals surface area contributed by atoms with Crippen LogP contribution in [0.3, 0.4) is 0 Å². The minimum absolute atomic E-state index is 0.893. The Bertz CT molecular complexity index is 1180.